The van der Waals surface area contributed by atoms with E-state index in [0.29, 0.717) is 72.1 Å². The van der Waals surface area contributed by atoms with Gasteiger partial charge < -0.3 is 48.8 Å². The van der Waals surface area contributed by atoms with Gasteiger partial charge in [0.15, 0.2) is 0 Å². The number of hydrogen-bond donors (Lipinski definition) is 4. The topological polar surface area (TPSA) is 136 Å². The second-order valence-corrected chi connectivity index (χ2v) is 7.00. The molecule has 33 heavy (non-hydrogen) atoms. The summed E-state index contributed by atoms with van der Waals surface area (Å²) in [6, 6.07) is 0. The van der Waals surface area contributed by atoms with Gasteiger partial charge in [-0.3, -0.25) is 0 Å². The summed E-state index contributed by atoms with van der Waals surface area (Å²) >= 11 is 0. The molecule has 0 aromatic heterocycles. The third kappa shape index (κ3) is 32.9. The molecule has 10 nitrogen and oxygen atoms in total. The molecule has 0 amide bonds. The molecule has 0 aliphatic rings. The Labute approximate surface area is 193 Å². The van der Waals surface area contributed by atoms with E-state index in [1.165, 1.54) is 0 Å². The number of ether oxygens (including phenoxy) is 6. The van der Waals surface area contributed by atoms with E-state index in [1.807, 2.05) is 6.92 Å². The molecule has 0 bridgehead atoms. The molecule has 0 rings (SSSR count). The molecule has 0 aliphatic carbocycles. The van der Waals surface area contributed by atoms with Crippen molar-refractivity contribution in [3.8, 4) is 0 Å². The number of unbranched alkanes of at least 4 members (excludes halogenated alkanes) is 1. The Morgan fingerprint density at radius 3 is 1.36 bits per heavy atom. The molecule has 0 heterocycles. The van der Waals surface area contributed by atoms with Crippen LogP contribution < -0.4 is 0 Å². The number of hydrogen-bond acceptors (Lipinski definition) is 10. The van der Waals surface area contributed by atoms with Gasteiger partial charge in [0.05, 0.1) is 38.1 Å². The summed E-state index contributed by atoms with van der Waals surface area (Å²) in [6.45, 7) is 6.54. The van der Waals surface area contributed by atoms with E-state index < -0.39 is 18.3 Å². The number of aliphatic hydroxyl groups excluding tert-OH is 4. The molecule has 3 unspecified atom stereocenters. The fourth-order valence-electron chi connectivity index (χ4n) is 2.21. The summed E-state index contributed by atoms with van der Waals surface area (Å²) in [7, 11) is 6.34. The molecular weight excluding hydrogens is 691 g/mol. The molecule has 0 saturated carbocycles. The minimum absolute atomic E-state index is 0. The van der Waals surface area contributed by atoms with E-state index in [9.17, 15) is 10.2 Å². The van der Waals surface area contributed by atoms with E-state index in [4.69, 9.17) is 29.2 Å². The van der Waals surface area contributed by atoms with Crippen molar-refractivity contribution < 1.29 is 48.8 Å². The molecule has 11 heteroatoms. The largest absolute Gasteiger partial charge is 0.553 e. The molecule has 0 saturated heterocycles. The third-order valence-corrected chi connectivity index (χ3v) is 3.98. The van der Waals surface area contributed by atoms with Crippen molar-refractivity contribution in [3.05, 3.63) is 14.2 Å². The van der Waals surface area contributed by atoms with Gasteiger partial charge in [0.1, 0.15) is 0 Å². The summed E-state index contributed by atoms with van der Waals surface area (Å²) in [5.41, 5.74) is 0. The molecule has 4 N–H and O–H groups in total. The van der Waals surface area contributed by atoms with Gasteiger partial charge in [0, 0.05) is 52.9 Å². The van der Waals surface area contributed by atoms with Crippen LogP contribution in [0.15, 0.2) is 0 Å². The monoisotopic (exact) mass is 737 g/mol. The van der Waals surface area contributed by atoms with E-state index in [-0.39, 0.29) is 19.8 Å². The molecule has 0 fully saturated rings. The van der Waals surface area contributed by atoms with Gasteiger partial charge >= 0.3 is 0 Å². The number of aliphatic hydroxyl groups is 4. The first kappa shape index (κ1) is 36.2. The Bertz CT molecular complexity index is 342. The Morgan fingerprint density at radius 2 is 1.00 bits per heavy atom. The van der Waals surface area contributed by atoms with Crippen LogP contribution in [0.25, 0.3) is 0 Å². The fourth-order valence-corrected chi connectivity index (χ4v) is 2.21. The predicted octanol–water partition coefficient (Wildman–Crippen LogP) is 0.701. The first-order chi connectivity index (χ1) is 15.5. The SMILES string of the molecule is [CH2-]OCC(O)CCOCCCCOCCC(O)COCC.[CH2-]OCC(O)CCOCCO.[Rf]. The van der Waals surface area contributed by atoms with Crippen molar-refractivity contribution in [3.63, 3.8) is 0 Å². The first-order valence-electron chi connectivity index (χ1n) is 11.2. The predicted molar refractivity (Wildman–Crippen MR) is 120 cm³/mol. The van der Waals surface area contributed by atoms with Crippen LogP contribution in [0.4, 0.5) is 0 Å². The van der Waals surface area contributed by atoms with Gasteiger partial charge in [-0.15, -0.1) is 0 Å². The summed E-state index contributed by atoms with van der Waals surface area (Å²) < 4.78 is 29.9. The smallest absolute Gasteiger partial charge is 0.0795 e. The van der Waals surface area contributed by atoms with Crippen molar-refractivity contribution >= 4 is 0 Å². The Balaban J connectivity index is -0.000000636. The standard InChI is InChI=1S/C15H31O6.C7H15O4.Rf/c1-3-19-13-15(17)7-11-21-9-5-4-8-20-10-6-14(16)12-18-2;1-10-6-7(9)2-4-11-5-3-8;/h14-17H,2-13H2,1H3;7-9H,1-6H2;/q2*-1;. The van der Waals surface area contributed by atoms with Gasteiger partial charge in [-0.05, 0) is 39.0 Å². The van der Waals surface area contributed by atoms with E-state index in [2.05, 4.69) is 23.7 Å². The van der Waals surface area contributed by atoms with E-state index in [0.717, 1.165) is 12.8 Å². The second-order valence-electron chi connectivity index (χ2n) is 7.00. The zero-order chi connectivity index (χ0) is 24.3. The zero-order valence-corrected chi connectivity index (χ0v) is 26.8. The van der Waals surface area contributed by atoms with Gasteiger partial charge in [0.25, 0.3) is 0 Å². The van der Waals surface area contributed by atoms with Gasteiger partial charge in [-0.2, -0.15) is 0 Å². The maximum absolute atomic E-state index is 9.50. The second kappa shape index (κ2) is 30.6. The van der Waals surface area contributed by atoms with Crippen LogP contribution in [0.2, 0.25) is 0 Å². The van der Waals surface area contributed by atoms with Gasteiger partial charge in [-0.1, -0.05) is 0 Å². The van der Waals surface area contributed by atoms with Crippen LogP contribution in [0.3, 0.4) is 0 Å². The molecule has 3 atom stereocenters. The summed E-state index contributed by atoms with van der Waals surface area (Å²) in [5, 5.41) is 36.2. The Kier molecular flexibility index (Phi) is 33.5. The Hall–Kier alpha value is -1.40. The zero-order valence-electron chi connectivity index (χ0n) is 20.4. The minimum Gasteiger partial charge on any atom is -0.553 e. The van der Waals surface area contributed by atoms with Crippen LogP contribution in [0.5, 0.6) is 0 Å². The summed E-state index contributed by atoms with van der Waals surface area (Å²) in [6.07, 6.45) is 2.04. The molecule has 0 aromatic rings. The fraction of sp³-hybridized carbons (Fsp3) is 0.909. The van der Waals surface area contributed by atoms with Gasteiger partial charge in [-0.25, -0.2) is 14.2 Å². The van der Waals surface area contributed by atoms with Crippen LogP contribution in [-0.2, 0) is 28.4 Å². The average Bonchev–Trinajstić information content (AvgIpc) is 2.77. The molecule has 0 aliphatic heterocycles. The maximum atomic E-state index is 9.50. The van der Waals surface area contributed by atoms with Gasteiger partial charge in [0.2, 0.25) is 0 Å². The third-order valence-electron chi connectivity index (χ3n) is 3.98. The van der Waals surface area contributed by atoms with Crippen LogP contribution in [0.1, 0.15) is 39.0 Å². The molecular formula is C22H46O10Rf-2. The van der Waals surface area contributed by atoms with E-state index >= 15 is 0 Å². The van der Waals surface area contributed by atoms with Crippen LogP contribution >= 0.6 is 0 Å². The minimum atomic E-state index is -0.522. The molecule has 0 radical (unpaired) electrons. The van der Waals surface area contributed by atoms with Crippen molar-refractivity contribution in [2.24, 2.45) is 0 Å². The van der Waals surface area contributed by atoms with Crippen molar-refractivity contribution in [2.45, 2.75) is 57.3 Å². The summed E-state index contributed by atoms with van der Waals surface area (Å²) in [4.78, 5) is 0. The molecule has 198 valence electrons. The number of rotatable bonds is 23. The maximum Gasteiger partial charge on any atom is 0.0795 e. The normalized spacial score (nSPS) is 13.5. The van der Waals surface area contributed by atoms with Crippen molar-refractivity contribution in [1.82, 2.24) is 0 Å². The van der Waals surface area contributed by atoms with Crippen molar-refractivity contribution in [2.75, 3.05) is 72.7 Å². The average molecular weight is 738 g/mol. The van der Waals surface area contributed by atoms with Crippen LogP contribution in [0, 0.1) is 14.2 Å². The quantitative estimate of drug-likeness (QED) is 0.0878. The molecule has 0 spiro atoms. The van der Waals surface area contributed by atoms with Crippen molar-refractivity contribution in [1.29, 1.82) is 0 Å². The van der Waals surface area contributed by atoms with Crippen LogP contribution in [-0.4, -0.2) is 111 Å². The molecule has 0 aromatic carbocycles. The summed E-state index contributed by atoms with van der Waals surface area (Å²) in [5.74, 6) is 0. The Morgan fingerprint density at radius 1 is 0.606 bits per heavy atom. The van der Waals surface area contributed by atoms with E-state index in [1.54, 1.807) is 0 Å². The first-order valence-corrected chi connectivity index (χ1v) is 11.2.